The van der Waals surface area contributed by atoms with Crippen molar-refractivity contribution in [2.45, 2.75) is 25.2 Å². The lowest BCUT2D eigenvalue weighted by atomic mass is 9.77. The zero-order valence-corrected chi connectivity index (χ0v) is 8.99. The van der Waals surface area contributed by atoms with Crippen molar-refractivity contribution in [1.29, 1.82) is 0 Å². The molecule has 2 nitrogen and oxygen atoms in total. The average molecular weight is 201 g/mol. The highest BCUT2D eigenvalue weighted by molar-refractivity contribution is 5.97. The van der Waals surface area contributed by atoms with Gasteiger partial charge >= 0.3 is 0 Å². The fraction of sp³-hybridized carbons (Fsp3) is 0.462. The van der Waals surface area contributed by atoms with Crippen LogP contribution in [0.1, 0.15) is 40.2 Å². The molecule has 0 aromatic heterocycles. The van der Waals surface area contributed by atoms with E-state index in [9.17, 15) is 4.79 Å². The maximum atomic E-state index is 12.0. The van der Waals surface area contributed by atoms with Gasteiger partial charge in [-0.25, -0.2) is 0 Å². The van der Waals surface area contributed by atoms with E-state index in [-0.39, 0.29) is 5.91 Å². The molecule has 1 atom stereocenters. The van der Waals surface area contributed by atoms with Crippen LogP contribution < -0.4 is 0 Å². The predicted octanol–water partition coefficient (Wildman–Crippen LogP) is 2.19. The van der Waals surface area contributed by atoms with Crippen LogP contribution in [-0.2, 0) is 6.42 Å². The number of benzene rings is 1. The normalized spacial score (nSPS) is 23.9. The molecule has 3 rings (SSSR count). The number of rotatable bonds is 0. The summed E-state index contributed by atoms with van der Waals surface area (Å²) in [7, 11) is 1.91. The van der Waals surface area contributed by atoms with Crippen LogP contribution in [-0.4, -0.2) is 24.4 Å². The molecule has 0 saturated heterocycles. The van der Waals surface area contributed by atoms with Crippen molar-refractivity contribution in [3.63, 3.8) is 0 Å². The summed E-state index contributed by atoms with van der Waals surface area (Å²) in [6.07, 6.45) is 3.65. The number of carbonyl (C=O) groups is 1. The zero-order chi connectivity index (χ0) is 10.4. The van der Waals surface area contributed by atoms with Gasteiger partial charge in [-0.05, 0) is 36.5 Å². The smallest absolute Gasteiger partial charge is 0.253 e. The second-order valence-electron chi connectivity index (χ2n) is 4.65. The Balaban J connectivity index is 2.22. The van der Waals surface area contributed by atoms with E-state index in [1.165, 1.54) is 24.0 Å². The van der Waals surface area contributed by atoms with E-state index in [4.69, 9.17) is 0 Å². The van der Waals surface area contributed by atoms with Gasteiger partial charge in [-0.3, -0.25) is 4.79 Å². The van der Waals surface area contributed by atoms with Crippen LogP contribution in [0.3, 0.4) is 0 Å². The van der Waals surface area contributed by atoms with Crippen LogP contribution in [0.15, 0.2) is 18.2 Å². The van der Waals surface area contributed by atoms with Gasteiger partial charge in [-0.2, -0.15) is 0 Å². The number of hydrogen-bond acceptors (Lipinski definition) is 1. The molecule has 1 heterocycles. The molecule has 0 unspecified atom stereocenters. The third-order valence-electron chi connectivity index (χ3n) is 3.67. The topological polar surface area (TPSA) is 20.3 Å². The first-order valence-electron chi connectivity index (χ1n) is 5.64. The molecule has 1 aliphatic carbocycles. The summed E-state index contributed by atoms with van der Waals surface area (Å²) in [5.41, 5.74) is 3.71. The molecule has 78 valence electrons. The molecule has 0 saturated carbocycles. The van der Waals surface area contributed by atoms with Crippen LogP contribution in [0.4, 0.5) is 0 Å². The van der Waals surface area contributed by atoms with Crippen LogP contribution in [0.5, 0.6) is 0 Å². The highest BCUT2D eigenvalue weighted by Crippen LogP contribution is 2.37. The summed E-state index contributed by atoms with van der Waals surface area (Å²) >= 11 is 0. The highest BCUT2D eigenvalue weighted by atomic mass is 16.2. The van der Waals surface area contributed by atoms with Crippen LogP contribution in [0.2, 0.25) is 0 Å². The molecule has 0 N–H and O–H groups in total. The number of carbonyl (C=O) groups excluding carboxylic acids is 1. The van der Waals surface area contributed by atoms with Crippen molar-refractivity contribution < 1.29 is 4.79 Å². The van der Waals surface area contributed by atoms with E-state index in [1.54, 1.807) is 0 Å². The van der Waals surface area contributed by atoms with Gasteiger partial charge in [0.25, 0.3) is 5.91 Å². The van der Waals surface area contributed by atoms with Crippen LogP contribution >= 0.6 is 0 Å². The lowest BCUT2D eigenvalue weighted by Crippen LogP contribution is -2.38. The number of amides is 1. The van der Waals surface area contributed by atoms with E-state index in [2.05, 4.69) is 6.07 Å². The van der Waals surface area contributed by atoms with Crippen LogP contribution in [0.25, 0.3) is 0 Å². The summed E-state index contributed by atoms with van der Waals surface area (Å²) in [5.74, 6) is 0.789. The molecule has 0 radical (unpaired) electrons. The average Bonchev–Trinajstić information content (AvgIpc) is 2.26. The SMILES string of the molecule is CN1C[C@H]2CCCc3cccc(c32)C1=O. The van der Waals surface area contributed by atoms with Gasteiger partial charge in [0.1, 0.15) is 0 Å². The van der Waals surface area contributed by atoms with Gasteiger partial charge in [0, 0.05) is 25.1 Å². The van der Waals surface area contributed by atoms with Gasteiger partial charge in [-0.15, -0.1) is 0 Å². The quantitative estimate of drug-likeness (QED) is 0.630. The molecular weight excluding hydrogens is 186 g/mol. The lowest BCUT2D eigenvalue weighted by Gasteiger charge is -2.36. The molecule has 2 heteroatoms. The fourth-order valence-corrected chi connectivity index (χ4v) is 2.98. The van der Waals surface area contributed by atoms with E-state index >= 15 is 0 Å². The Morgan fingerprint density at radius 1 is 1.40 bits per heavy atom. The van der Waals surface area contributed by atoms with Gasteiger partial charge in [0.15, 0.2) is 0 Å². The molecule has 1 aliphatic heterocycles. The minimum atomic E-state index is 0.199. The Morgan fingerprint density at radius 3 is 3.13 bits per heavy atom. The van der Waals surface area contributed by atoms with Crippen molar-refractivity contribution in [2.75, 3.05) is 13.6 Å². The first kappa shape index (κ1) is 8.96. The highest BCUT2D eigenvalue weighted by Gasteiger charge is 2.32. The van der Waals surface area contributed by atoms with Crippen molar-refractivity contribution >= 4 is 5.91 Å². The molecule has 15 heavy (non-hydrogen) atoms. The Labute approximate surface area is 89.9 Å². The lowest BCUT2D eigenvalue weighted by molar-refractivity contribution is 0.0759. The summed E-state index contributed by atoms with van der Waals surface area (Å²) in [5, 5.41) is 0. The van der Waals surface area contributed by atoms with Crippen molar-refractivity contribution in [1.82, 2.24) is 4.90 Å². The minimum Gasteiger partial charge on any atom is -0.341 e. The van der Waals surface area contributed by atoms with Gasteiger partial charge in [0.2, 0.25) is 0 Å². The standard InChI is InChI=1S/C13H15NO/c1-14-8-10-6-2-4-9-5-3-7-11(12(9)10)13(14)15/h3,5,7,10H,2,4,6,8H2,1H3/t10-/m1/s1. The molecule has 0 spiro atoms. The van der Waals surface area contributed by atoms with Crippen molar-refractivity contribution in [3.8, 4) is 0 Å². The number of aryl methyl sites for hydroxylation is 1. The molecular formula is C13H15NO. The van der Waals surface area contributed by atoms with Crippen molar-refractivity contribution in [2.24, 2.45) is 0 Å². The summed E-state index contributed by atoms with van der Waals surface area (Å²) in [6, 6.07) is 6.19. The summed E-state index contributed by atoms with van der Waals surface area (Å²) < 4.78 is 0. The molecule has 1 aromatic rings. The Hall–Kier alpha value is -1.31. The molecule has 0 bridgehead atoms. The Bertz CT molecular complexity index is 425. The van der Waals surface area contributed by atoms with E-state index in [1.807, 2.05) is 24.1 Å². The predicted molar refractivity (Wildman–Crippen MR) is 59.1 cm³/mol. The number of likely N-dealkylation sites (N-methyl/N-ethyl adjacent to an activating group) is 1. The maximum Gasteiger partial charge on any atom is 0.253 e. The first-order chi connectivity index (χ1) is 7.27. The summed E-state index contributed by atoms with van der Waals surface area (Å²) in [4.78, 5) is 13.8. The van der Waals surface area contributed by atoms with Gasteiger partial charge in [-0.1, -0.05) is 12.1 Å². The molecule has 1 amide bonds. The third kappa shape index (κ3) is 1.21. The number of hydrogen-bond donors (Lipinski definition) is 0. The van der Waals surface area contributed by atoms with E-state index in [0.717, 1.165) is 18.5 Å². The minimum absolute atomic E-state index is 0.199. The largest absolute Gasteiger partial charge is 0.341 e. The first-order valence-corrected chi connectivity index (χ1v) is 5.64. The Morgan fingerprint density at radius 2 is 2.27 bits per heavy atom. The summed E-state index contributed by atoms with van der Waals surface area (Å²) in [6.45, 7) is 0.906. The fourth-order valence-electron chi connectivity index (χ4n) is 2.98. The van der Waals surface area contributed by atoms with Crippen LogP contribution in [0, 0.1) is 0 Å². The van der Waals surface area contributed by atoms with Gasteiger partial charge in [0.05, 0.1) is 0 Å². The number of nitrogens with zero attached hydrogens (tertiary/aromatic N) is 1. The maximum absolute atomic E-state index is 12.0. The molecule has 2 aliphatic rings. The monoisotopic (exact) mass is 201 g/mol. The second kappa shape index (κ2) is 3.09. The van der Waals surface area contributed by atoms with Gasteiger partial charge < -0.3 is 4.90 Å². The molecule has 0 fully saturated rings. The molecule has 1 aromatic carbocycles. The Kier molecular flexibility index (Phi) is 1.84. The van der Waals surface area contributed by atoms with E-state index in [0.29, 0.717) is 5.92 Å². The van der Waals surface area contributed by atoms with E-state index < -0.39 is 0 Å². The zero-order valence-electron chi connectivity index (χ0n) is 8.99. The van der Waals surface area contributed by atoms with Crippen molar-refractivity contribution in [3.05, 3.63) is 34.9 Å². The third-order valence-corrected chi connectivity index (χ3v) is 3.67. The second-order valence-corrected chi connectivity index (χ2v) is 4.65.